The Morgan fingerprint density at radius 1 is 1.38 bits per heavy atom. The fourth-order valence-corrected chi connectivity index (χ4v) is 4.08. The predicted molar refractivity (Wildman–Crippen MR) is 81.9 cm³/mol. The first-order valence-electron chi connectivity index (χ1n) is 7.33. The number of rotatable bonds is 2. The molecule has 0 unspecified atom stereocenters. The van der Waals surface area contributed by atoms with Gasteiger partial charge in [0.25, 0.3) is 0 Å². The number of carbonyl (C=O) groups is 1. The van der Waals surface area contributed by atoms with Gasteiger partial charge in [-0.05, 0) is 38.7 Å². The Morgan fingerprint density at radius 3 is 2.81 bits per heavy atom. The molecule has 3 rings (SSSR count). The predicted octanol–water partition coefficient (Wildman–Crippen LogP) is 2.72. The first-order chi connectivity index (χ1) is 10.1. The number of amides is 1. The summed E-state index contributed by atoms with van der Waals surface area (Å²) in [5, 5.41) is 3.45. The van der Waals surface area contributed by atoms with Crippen molar-refractivity contribution in [3.63, 3.8) is 0 Å². The van der Waals surface area contributed by atoms with E-state index in [0.29, 0.717) is 36.8 Å². The number of ether oxygens (including phenoxy) is 1. The molecule has 1 amide bonds. The van der Waals surface area contributed by atoms with Crippen molar-refractivity contribution in [1.82, 2.24) is 5.32 Å². The number of hydrogen-bond donors (Lipinski definition) is 1. The number of thioether (sulfide) groups is 1. The third-order valence-corrected chi connectivity index (χ3v) is 5.50. The molecule has 0 bridgehead atoms. The summed E-state index contributed by atoms with van der Waals surface area (Å²) >= 11 is 1.48. The molecule has 0 aromatic heterocycles. The summed E-state index contributed by atoms with van der Waals surface area (Å²) in [4.78, 5) is 16.7. The minimum atomic E-state index is -0.438. The standard InChI is InChI=1S/C15H19FN2O2S/c1-10(11-4-2-3-5-12(11)16)17-14-18-13(19)15(21-14)6-8-20-9-7-15/h4-5,10H,2-3,6-9H2,1H3,(H,17,18,19)/t10-/m0/s1. The lowest BCUT2D eigenvalue weighted by Gasteiger charge is -2.28. The number of nitrogens with zero attached hydrogens (tertiary/aromatic N) is 1. The molecule has 1 aliphatic carbocycles. The second-order valence-corrected chi connectivity index (χ2v) is 6.93. The van der Waals surface area contributed by atoms with Gasteiger partial charge in [-0.1, -0.05) is 17.8 Å². The van der Waals surface area contributed by atoms with E-state index in [4.69, 9.17) is 4.74 Å². The fraction of sp³-hybridized carbons (Fsp3) is 0.600. The zero-order chi connectivity index (χ0) is 14.9. The second kappa shape index (κ2) is 5.93. The van der Waals surface area contributed by atoms with Gasteiger partial charge in [0.1, 0.15) is 10.6 Å². The van der Waals surface area contributed by atoms with Crippen LogP contribution in [0.4, 0.5) is 4.39 Å². The molecular weight excluding hydrogens is 291 g/mol. The van der Waals surface area contributed by atoms with Crippen molar-refractivity contribution in [2.24, 2.45) is 4.99 Å². The average molecular weight is 310 g/mol. The Kier molecular flexibility index (Phi) is 4.17. The molecule has 2 heterocycles. The van der Waals surface area contributed by atoms with Crippen LogP contribution in [0.5, 0.6) is 0 Å². The van der Waals surface area contributed by atoms with Crippen LogP contribution in [-0.4, -0.2) is 35.1 Å². The van der Waals surface area contributed by atoms with Crippen LogP contribution in [0.15, 0.2) is 28.5 Å². The molecule has 2 saturated heterocycles. The third-order valence-electron chi connectivity index (χ3n) is 4.12. The van der Waals surface area contributed by atoms with Crippen molar-refractivity contribution < 1.29 is 13.9 Å². The van der Waals surface area contributed by atoms with Gasteiger partial charge >= 0.3 is 0 Å². The number of hydrogen-bond acceptors (Lipinski definition) is 4. The SMILES string of the molecule is C[C@H](N=C1NC(=O)C2(CCOCC2)S1)C1=CCCC=C1F. The van der Waals surface area contributed by atoms with E-state index >= 15 is 0 Å². The van der Waals surface area contributed by atoms with Gasteiger partial charge in [-0.25, -0.2) is 4.39 Å². The van der Waals surface area contributed by atoms with E-state index < -0.39 is 4.75 Å². The smallest absolute Gasteiger partial charge is 0.242 e. The Balaban J connectivity index is 1.74. The van der Waals surface area contributed by atoms with E-state index in [1.165, 1.54) is 11.8 Å². The molecule has 6 heteroatoms. The molecule has 4 nitrogen and oxygen atoms in total. The van der Waals surface area contributed by atoms with Crippen LogP contribution in [0, 0.1) is 0 Å². The maximum absolute atomic E-state index is 13.8. The molecule has 3 aliphatic rings. The van der Waals surface area contributed by atoms with Crippen molar-refractivity contribution in [1.29, 1.82) is 0 Å². The molecule has 2 aliphatic heterocycles. The maximum atomic E-state index is 13.8. The highest BCUT2D eigenvalue weighted by atomic mass is 32.2. The number of halogens is 1. The minimum Gasteiger partial charge on any atom is -0.381 e. The second-order valence-electron chi connectivity index (χ2n) is 5.56. The van der Waals surface area contributed by atoms with Gasteiger partial charge in [-0.15, -0.1) is 0 Å². The fourth-order valence-electron chi connectivity index (χ4n) is 2.84. The van der Waals surface area contributed by atoms with Crippen LogP contribution in [0.25, 0.3) is 0 Å². The van der Waals surface area contributed by atoms with Gasteiger partial charge in [-0.2, -0.15) is 0 Å². The highest BCUT2D eigenvalue weighted by Gasteiger charge is 2.47. The van der Waals surface area contributed by atoms with E-state index in [2.05, 4.69) is 10.3 Å². The number of aliphatic imine (C=N–C) groups is 1. The molecule has 1 spiro atoms. The quantitative estimate of drug-likeness (QED) is 0.853. The summed E-state index contributed by atoms with van der Waals surface area (Å²) in [7, 11) is 0. The van der Waals surface area contributed by atoms with Crippen LogP contribution in [0.2, 0.25) is 0 Å². The van der Waals surface area contributed by atoms with Gasteiger partial charge in [0.15, 0.2) is 5.17 Å². The molecule has 1 atom stereocenters. The zero-order valence-corrected chi connectivity index (χ0v) is 12.8. The van der Waals surface area contributed by atoms with Crippen molar-refractivity contribution in [3.8, 4) is 0 Å². The minimum absolute atomic E-state index is 0.00962. The van der Waals surface area contributed by atoms with Gasteiger partial charge in [0.2, 0.25) is 5.91 Å². The Labute approximate surface area is 127 Å². The molecule has 0 aromatic carbocycles. The van der Waals surface area contributed by atoms with Crippen molar-refractivity contribution in [2.75, 3.05) is 13.2 Å². The lowest BCUT2D eigenvalue weighted by Crippen LogP contribution is -2.41. The molecule has 0 aromatic rings. The van der Waals surface area contributed by atoms with E-state index in [0.717, 1.165) is 12.8 Å². The first kappa shape index (κ1) is 14.8. The lowest BCUT2D eigenvalue weighted by molar-refractivity contribution is -0.123. The maximum Gasteiger partial charge on any atom is 0.242 e. The largest absolute Gasteiger partial charge is 0.381 e. The topological polar surface area (TPSA) is 50.7 Å². The number of carbonyl (C=O) groups excluding carboxylic acids is 1. The number of nitrogens with one attached hydrogen (secondary N) is 1. The van der Waals surface area contributed by atoms with Crippen LogP contribution in [0.1, 0.15) is 32.6 Å². The lowest BCUT2D eigenvalue weighted by atomic mass is 9.98. The third kappa shape index (κ3) is 2.92. The first-order valence-corrected chi connectivity index (χ1v) is 8.14. The normalized spacial score (nSPS) is 28.3. The van der Waals surface area contributed by atoms with Crippen LogP contribution >= 0.6 is 11.8 Å². The molecule has 114 valence electrons. The zero-order valence-electron chi connectivity index (χ0n) is 12.0. The molecule has 2 fully saturated rings. The average Bonchev–Trinajstić information content (AvgIpc) is 2.75. The number of amidine groups is 1. The highest BCUT2D eigenvalue weighted by molar-refractivity contribution is 8.16. The van der Waals surface area contributed by atoms with E-state index in [1.54, 1.807) is 6.08 Å². The Hall–Kier alpha value is -1.14. The molecule has 0 saturated carbocycles. The van der Waals surface area contributed by atoms with Crippen LogP contribution in [0.3, 0.4) is 0 Å². The van der Waals surface area contributed by atoms with Gasteiger partial charge in [-0.3, -0.25) is 9.79 Å². The van der Waals surface area contributed by atoms with E-state index in [1.807, 2.05) is 13.0 Å². The Bertz CT molecular complexity index is 536. The highest BCUT2D eigenvalue weighted by Crippen LogP contribution is 2.40. The summed E-state index contributed by atoms with van der Waals surface area (Å²) in [5.74, 6) is -0.177. The summed E-state index contributed by atoms with van der Waals surface area (Å²) in [6, 6.07) is -0.278. The summed E-state index contributed by atoms with van der Waals surface area (Å²) in [6.07, 6.45) is 6.50. The summed E-state index contributed by atoms with van der Waals surface area (Å²) in [5.41, 5.74) is 0.622. The van der Waals surface area contributed by atoms with Gasteiger partial charge in [0, 0.05) is 18.8 Å². The molecule has 1 N–H and O–H groups in total. The molecule has 21 heavy (non-hydrogen) atoms. The summed E-state index contributed by atoms with van der Waals surface area (Å²) in [6.45, 7) is 3.07. The van der Waals surface area contributed by atoms with Crippen LogP contribution in [-0.2, 0) is 9.53 Å². The van der Waals surface area contributed by atoms with E-state index in [-0.39, 0.29) is 17.8 Å². The van der Waals surface area contributed by atoms with Crippen molar-refractivity contribution in [2.45, 2.75) is 43.4 Å². The van der Waals surface area contributed by atoms with Gasteiger partial charge < -0.3 is 10.1 Å². The van der Waals surface area contributed by atoms with Crippen LogP contribution < -0.4 is 5.32 Å². The number of allylic oxidation sites excluding steroid dienone is 2. The molecule has 0 radical (unpaired) electrons. The summed E-state index contributed by atoms with van der Waals surface area (Å²) < 4.78 is 18.7. The van der Waals surface area contributed by atoms with Crippen molar-refractivity contribution >= 4 is 22.8 Å². The monoisotopic (exact) mass is 310 g/mol. The van der Waals surface area contributed by atoms with Gasteiger partial charge in [0.05, 0.1) is 6.04 Å². The van der Waals surface area contributed by atoms with E-state index in [9.17, 15) is 9.18 Å². The Morgan fingerprint density at radius 2 is 2.10 bits per heavy atom. The molecular formula is C15H19FN2O2S. The van der Waals surface area contributed by atoms with Crippen molar-refractivity contribution in [3.05, 3.63) is 23.6 Å².